The van der Waals surface area contributed by atoms with Crippen molar-refractivity contribution < 1.29 is 23.7 Å². The van der Waals surface area contributed by atoms with Gasteiger partial charge in [0, 0.05) is 12.1 Å². The minimum atomic E-state index is -0.363. The van der Waals surface area contributed by atoms with Crippen LogP contribution in [-0.2, 0) is 6.54 Å². The Morgan fingerprint density at radius 3 is 2.21 bits per heavy atom. The summed E-state index contributed by atoms with van der Waals surface area (Å²) in [4.78, 5) is 12.9. The van der Waals surface area contributed by atoms with E-state index in [1.807, 2.05) is 35.8 Å². The number of carbonyl (C=O) groups is 1. The first-order valence-electron chi connectivity index (χ1n) is 11.0. The summed E-state index contributed by atoms with van der Waals surface area (Å²) in [6.07, 6.45) is -0.363. The summed E-state index contributed by atoms with van der Waals surface area (Å²) in [6.45, 7) is 6.88. The van der Waals surface area contributed by atoms with Crippen LogP contribution >= 0.6 is 11.8 Å². The molecule has 3 rings (SSSR count). The standard InChI is InChI=1S/C25H31N3O5S/c1-16(2)14-28-24(17(3)33-22-10-8-7-9-20(22)30-4)26-27-25(28)34-15-19(29)18-11-12-21(31-5)23(13-18)32-6/h7-13,16-17H,14-15H2,1-6H3. The van der Waals surface area contributed by atoms with Crippen LogP contribution in [0.15, 0.2) is 47.6 Å². The summed E-state index contributed by atoms with van der Waals surface area (Å²) in [5, 5.41) is 9.44. The lowest BCUT2D eigenvalue weighted by Gasteiger charge is -2.19. The first-order chi connectivity index (χ1) is 16.4. The molecule has 8 nitrogen and oxygen atoms in total. The molecule has 0 aliphatic rings. The van der Waals surface area contributed by atoms with Crippen LogP contribution < -0.4 is 18.9 Å². The lowest BCUT2D eigenvalue weighted by atomic mass is 10.1. The van der Waals surface area contributed by atoms with Gasteiger partial charge in [0.2, 0.25) is 0 Å². The van der Waals surface area contributed by atoms with Gasteiger partial charge in [-0.2, -0.15) is 0 Å². The Kier molecular flexibility index (Phi) is 8.81. The molecule has 0 N–H and O–H groups in total. The Balaban J connectivity index is 1.78. The fourth-order valence-electron chi connectivity index (χ4n) is 3.43. The van der Waals surface area contributed by atoms with Gasteiger partial charge in [-0.15, -0.1) is 10.2 Å². The molecule has 3 aromatic rings. The van der Waals surface area contributed by atoms with Crippen LogP contribution in [0.3, 0.4) is 0 Å². The second-order valence-electron chi connectivity index (χ2n) is 8.04. The SMILES string of the molecule is COc1ccc(C(=O)CSc2nnc(C(C)Oc3ccccc3OC)n2CC(C)C)cc1OC. The average molecular weight is 486 g/mol. The maximum Gasteiger partial charge on any atom is 0.191 e. The Morgan fingerprint density at radius 1 is 0.912 bits per heavy atom. The zero-order valence-electron chi connectivity index (χ0n) is 20.4. The predicted molar refractivity (Wildman–Crippen MR) is 131 cm³/mol. The van der Waals surface area contributed by atoms with E-state index >= 15 is 0 Å². The predicted octanol–water partition coefficient (Wildman–Crippen LogP) is 5.07. The average Bonchev–Trinajstić information content (AvgIpc) is 3.24. The van der Waals surface area contributed by atoms with Crippen molar-refractivity contribution in [2.45, 2.75) is 38.6 Å². The van der Waals surface area contributed by atoms with E-state index in [0.29, 0.717) is 52.0 Å². The molecule has 0 amide bonds. The number of carbonyl (C=O) groups excluding carboxylic acids is 1. The van der Waals surface area contributed by atoms with Gasteiger partial charge in [-0.3, -0.25) is 4.79 Å². The van der Waals surface area contributed by atoms with Gasteiger partial charge in [0.05, 0.1) is 27.1 Å². The summed E-state index contributed by atoms with van der Waals surface area (Å²) < 4.78 is 24.1. The van der Waals surface area contributed by atoms with Crippen molar-refractivity contribution in [2.75, 3.05) is 27.1 Å². The highest BCUT2D eigenvalue weighted by Gasteiger charge is 2.22. The number of hydrogen-bond donors (Lipinski definition) is 0. The van der Waals surface area contributed by atoms with Crippen molar-refractivity contribution in [1.29, 1.82) is 0 Å². The number of ketones is 1. The van der Waals surface area contributed by atoms with Crippen LogP contribution in [-0.4, -0.2) is 47.6 Å². The number of thioether (sulfide) groups is 1. The smallest absolute Gasteiger partial charge is 0.191 e. The molecule has 0 spiro atoms. The third kappa shape index (κ3) is 6.02. The molecule has 182 valence electrons. The number of hydrogen-bond acceptors (Lipinski definition) is 8. The van der Waals surface area contributed by atoms with Crippen LogP contribution in [0.5, 0.6) is 23.0 Å². The molecule has 9 heteroatoms. The highest BCUT2D eigenvalue weighted by molar-refractivity contribution is 7.99. The lowest BCUT2D eigenvalue weighted by molar-refractivity contribution is 0.102. The number of ether oxygens (including phenoxy) is 4. The van der Waals surface area contributed by atoms with Gasteiger partial charge in [0.15, 0.2) is 45.9 Å². The summed E-state index contributed by atoms with van der Waals surface area (Å²) in [5.41, 5.74) is 0.549. The summed E-state index contributed by atoms with van der Waals surface area (Å²) >= 11 is 1.36. The van der Waals surface area contributed by atoms with E-state index in [4.69, 9.17) is 18.9 Å². The zero-order valence-corrected chi connectivity index (χ0v) is 21.2. The van der Waals surface area contributed by atoms with Crippen LogP contribution in [0.2, 0.25) is 0 Å². The van der Waals surface area contributed by atoms with Crippen LogP contribution in [0.25, 0.3) is 0 Å². The largest absolute Gasteiger partial charge is 0.493 e. The van der Waals surface area contributed by atoms with Crippen molar-refractivity contribution in [1.82, 2.24) is 14.8 Å². The number of para-hydroxylation sites is 2. The third-order valence-corrected chi connectivity index (χ3v) is 6.03. The van der Waals surface area contributed by atoms with E-state index < -0.39 is 0 Å². The molecular weight excluding hydrogens is 454 g/mol. The molecule has 1 heterocycles. The van der Waals surface area contributed by atoms with Crippen LogP contribution in [0, 0.1) is 5.92 Å². The molecule has 0 saturated carbocycles. The van der Waals surface area contributed by atoms with Crippen LogP contribution in [0.4, 0.5) is 0 Å². The van der Waals surface area contributed by atoms with Gasteiger partial charge in [0.25, 0.3) is 0 Å². The second kappa shape index (κ2) is 11.8. The van der Waals surface area contributed by atoms with Gasteiger partial charge in [-0.1, -0.05) is 37.7 Å². The Morgan fingerprint density at radius 2 is 1.56 bits per heavy atom. The normalized spacial score (nSPS) is 11.9. The van der Waals surface area contributed by atoms with Gasteiger partial charge in [0.1, 0.15) is 0 Å². The van der Waals surface area contributed by atoms with E-state index in [9.17, 15) is 4.79 Å². The molecule has 1 unspecified atom stereocenters. The van der Waals surface area contributed by atoms with E-state index in [-0.39, 0.29) is 17.6 Å². The zero-order chi connectivity index (χ0) is 24.7. The number of rotatable bonds is 12. The molecule has 0 aliphatic heterocycles. The van der Waals surface area contributed by atoms with E-state index in [1.54, 1.807) is 39.5 Å². The highest BCUT2D eigenvalue weighted by Crippen LogP contribution is 2.32. The van der Waals surface area contributed by atoms with Crippen molar-refractivity contribution in [3.8, 4) is 23.0 Å². The Hall–Kier alpha value is -3.20. The van der Waals surface area contributed by atoms with Crippen molar-refractivity contribution in [3.05, 3.63) is 53.9 Å². The van der Waals surface area contributed by atoms with Gasteiger partial charge < -0.3 is 23.5 Å². The quantitative estimate of drug-likeness (QED) is 0.260. The molecular formula is C25H31N3O5S. The fraction of sp³-hybridized carbons (Fsp3) is 0.400. The van der Waals surface area contributed by atoms with E-state index in [0.717, 1.165) is 0 Å². The Labute approximate surface area is 204 Å². The molecule has 34 heavy (non-hydrogen) atoms. The summed E-state index contributed by atoms with van der Waals surface area (Å²) in [6, 6.07) is 12.6. The van der Waals surface area contributed by atoms with Gasteiger partial charge in [-0.25, -0.2) is 0 Å². The third-order valence-electron chi connectivity index (χ3n) is 5.07. The van der Waals surface area contributed by atoms with E-state index in [1.165, 1.54) is 11.8 Å². The first-order valence-corrected chi connectivity index (χ1v) is 12.0. The molecule has 1 aromatic heterocycles. The monoisotopic (exact) mass is 485 g/mol. The number of Topliss-reactive ketones (excluding diaryl/α,β-unsaturated/α-hetero) is 1. The molecule has 0 saturated heterocycles. The number of benzene rings is 2. The molecule has 0 radical (unpaired) electrons. The number of aromatic nitrogens is 3. The highest BCUT2D eigenvalue weighted by atomic mass is 32.2. The first kappa shape index (κ1) is 25.4. The summed E-state index contributed by atoms with van der Waals surface area (Å²) in [5.74, 6) is 3.62. The number of nitrogens with zero attached hydrogens (tertiary/aromatic N) is 3. The van der Waals surface area contributed by atoms with Crippen molar-refractivity contribution in [3.63, 3.8) is 0 Å². The van der Waals surface area contributed by atoms with Crippen LogP contribution in [0.1, 0.15) is 43.1 Å². The van der Waals surface area contributed by atoms with Crippen molar-refractivity contribution in [2.24, 2.45) is 5.92 Å². The molecule has 2 aromatic carbocycles. The van der Waals surface area contributed by atoms with E-state index in [2.05, 4.69) is 24.0 Å². The topological polar surface area (TPSA) is 84.7 Å². The van der Waals surface area contributed by atoms with Gasteiger partial charge >= 0.3 is 0 Å². The maximum atomic E-state index is 12.9. The molecule has 0 fully saturated rings. The fourth-order valence-corrected chi connectivity index (χ4v) is 4.28. The lowest BCUT2D eigenvalue weighted by Crippen LogP contribution is -2.16. The molecule has 1 atom stereocenters. The molecule has 0 bridgehead atoms. The molecule has 0 aliphatic carbocycles. The van der Waals surface area contributed by atoms with Gasteiger partial charge in [-0.05, 0) is 43.2 Å². The minimum Gasteiger partial charge on any atom is -0.493 e. The summed E-state index contributed by atoms with van der Waals surface area (Å²) in [7, 11) is 4.72. The number of methoxy groups -OCH3 is 3. The maximum absolute atomic E-state index is 12.9. The van der Waals surface area contributed by atoms with Crippen molar-refractivity contribution >= 4 is 17.5 Å². The second-order valence-corrected chi connectivity index (χ2v) is 8.98. The Bertz CT molecular complexity index is 1120. The minimum absolute atomic E-state index is 0.0371.